The highest BCUT2D eigenvalue weighted by Crippen LogP contribution is 2.35. The van der Waals surface area contributed by atoms with Crippen LogP contribution >= 0.6 is 0 Å². The minimum atomic E-state index is -0.505. The molecule has 2 aromatic rings. The molecule has 1 unspecified atom stereocenters. The van der Waals surface area contributed by atoms with Gasteiger partial charge < -0.3 is 20.4 Å². The molecule has 3 amide bonds. The number of rotatable bonds is 5. The third-order valence-electron chi connectivity index (χ3n) is 7.34. The van der Waals surface area contributed by atoms with Crippen LogP contribution in [0.2, 0.25) is 0 Å². The first kappa shape index (κ1) is 23.3. The summed E-state index contributed by atoms with van der Waals surface area (Å²) in [7, 11) is 3.50. The number of benzene rings is 2. The molecule has 0 radical (unpaired) electrons. The molecule has 6 heteroatoms. The molecule has 0 saturated carbocycles. The summed E-state index contributed by atoms with van der Waals surface area (Å²) < 4.78 is 0. The first-order valence-electron chi connectivity index (χ1n) is 11.8. The Morgan fingerprint density at radius 2 is 1.52 bits per heavy atom. The zero-order chi connectivity index (χ0) is 23.8. The second-order valence-corrected chi connectivity index (χ2v) is 10.5. The van der Waals surface area contributed by atoms with Gasteiger partial charge in [-0.1, -0.05) is 36.4 Å². The second kappa shape index (κ2) is 8.82. The maximum Gasteiger partial charge on any atom is 0.315 e. The number of urea groups is 1. The number of nitrogens with one attached hydrogen (secondary N) is 2. The molecule has 1 atom stereocenters. The number of piperidine rings is 3. The van der Waals surface area contributed by atoms with Crippen LogP contribution in [-0.2, 0) is 5.54 Å². The fourth-order valence-electron chi connectivity index (χ4n) is 5.25. The second-order valence-electron chi connectivity index (χ2n) is 10.5. The van der Waals surface area contributed by atoms with Gasteiger partial charge in [0.15, 0.2) is 0 Å². The van der Waals surface area contributed by atoms with Crippen LogP contribution in [0.4, 0.5) is 4.79 Å². The van der Waals surface area contributed by atoms with Crippen LogP contribution in [0.1, 0.15) is 49.5 Å². The molecule has 2 aromatic carbocycles. The van der Waals surface area contributed by atoms with Gasteiger partial charge in [-0.3, -0.25) is 4.79 Å². The Morgan fingerprint density at radius 1 is 0.970 bits per heavy atom. The van der Waals surface area contributed by atoms with E-state index in [0.29, 0.717) is 11.5 Å². The molecular formula is C27H36N4O2. The highest BCUT2D eigenvalue weighted by Gasteiger charge is 2.44. The number of amides is 3. The van der Waals surface area contributed by atoms with Crippen molar-refractivity contribution in [2.24, 2.45) is 5.92 Å². The highest BCUT2D eigenvalue weighted by molar-refractivity contribution is 5.94. The summed E-state index contributed by atoms with van der Waals surface area (Å²) in [6.07, 6.45) is 2.32. The fraction of sp³-hybridized carbons (Fsp3) is 0.481. The first-order chi connectivity index (χ1) is 15.6. The van der Waals surface area contributed by atoms with Crippen LogP contribution in [0, 0.1) is 5.92 Å². The zero-order valence-electron chi connectivity index (χ0n) is 20.4. The molecule has 176 valence electrons. The molecule has 2 bridgehead atoms. The lowest BCUT2D eigenvalue weighted by molar-refractivity contribution is 0.0224. The van der Waals surface area contributed by atoms with Crippen molar-refractivity contribution in [3.05, 3.63) is 59.7 Å². The molecule has 3 fully saturated rings. The van der Waals surface area contributed by atoms with Gasteiger partial charge in [-0.25, -0.2) is 4.79 Å². The van der Waals surface area contributed by atoms with E-state index in [1.165, 1.54) is 0 Å². The standard InChI is InChI=1S/C27H36N4O2/c1-26(2,28-25(33)29-27(3)18-31-16-14-23(27)15-17-31)22-12-10-20(11-13-22)19-6-8-21(9-7-19)24(32)30(4)5/h6-13,23H,14-18H2,1-5H3,(H2,28,29,33). The molecule has 0 spiro atoms. The van der Waals surface area contributed by atoms with Gasteiger partial charge in [0.25, 0.3) is 5.91 Å². The van der Waals surface area contributed by atoms with Gasteiger partial charge in [-0.05, 0) is 81.4 Å². The lowest BCUT2D eigenvalue weighted by Crippen LogP contribution is -2.67. The minimum absolute atomic E-state index is 0.00454. The van der Waals surface area contributed by atoms with Crippen LogP contribution in [0.3, 0.4) is 0 Å². The van der Waals surface area contributed by atoms with Crippen molar-refractivity contribution >= 4 is 11.9 Å². The van der Waals surface area contributed by atoms with Crippen LogP contribution in [0.15, 0.2) is 48.5 Å². The molecule has 2 N–H and O–H groups in total. The number of nitrogens with zero attached hydrogens (tertiary/aromatic N) is 2. The topological polar surface area (TPSA) is 64.7 Å². The van der Waals surface area contributed by atoms with E-state index in [1.807, 2.05) is 38.1 Å². The lowest BCUT2D eigenvalue weighted by atomic mass is 9.74. The average molecular weight is 449 g/mol. The average Bonchev–Trinajstić information content (AvgIpc) is 2.78. The molecule has 3 aliphatic heterocycles. The number of hydrogen-bond donors (Lipinski definition) is 2. The van der Waals surface area contributed by atoms with Crippen molar-refractivity contribution < 1.29 is 9.59 Å². The number of fused-ring (bicyclic) bond motifs is 3. The normalized spacial score (nSPS) is 24.3. The van der Waals surface area contributed by atoms with Crippen molar-refractivity contribution in [2.75, 3.05) is 33.7 Å². The summed E-state index contributed by atoms with van der Waals surface area (Å²) in [5, 5.41) is 6.47. The Hall–Kier alpha value is -2.86. The van der Waals surface area contributed by atoms with Gasteiger partial charge in [-0.15, -0.1) is 0 Å². The highest BCUT2D eigenvalue weighted by atomic mass is 16.2. The summed E-state index contributed by atoms with van der Waals surface area (Å²) >= 11 is 0. The molecule has 3 heterocycles. The van der Waals surface area contributed by atoms with Gasteiger partial charge in [-0.2, -0.15) is 0 Å². The van der Waals surface area contributed by atoms with Crippen molar-refractivity contribution in [3.8, 4) is 11.1 Å². The molecule has 5 rings (SSSR count). The van der Waals surface area contributed by atoms with Crippen molar-refractivity contribution in [3.63, 3.8) is 0 Å². The van der Waals surface area contributed by atoms with E-state index in [2.05, 4.69) is 46.7 Å². The summed E-state index contributed by atoms with van der Waals surface area (Å²) in [5.41, 5.74) is 3.17. The van der Waals surface area contributed by atoms with Gasteiger partial charge >= 0.3 is 6.03 Å². The summed E-state index contributed by atoms with van der Waals surface area (Å²) in [6, 6.07) is 15.8. The van der Waals surface area contributed by atoms with Gasteiger partial charge in [0.1, 0.15) is 0 Å². The molecule has 33 heavy (non-hydrogen) atoms. The SMILES string of the molecule is CN(C)C(=O)c1ccc(-c2ccc(C(C)(C)NC(=O)NC3(C)CN4CCC3CC4)cc2)cc1. The van der Waals surface area contributed by atoms with E-state index in [1.54, 1.807) is 19.0 Å². The Kier molecular flexibility index (Phi) is 6.23. The van der Waals surface area contributed by atoms with E-state index in [-0.39, 0.29) is 17.5 Å². The lowest BCUT2D eigenvalue weighted by Gasteiger charge is -2.52. The maximum absolute atomic E-state index is 12.9. The van der Waals surface area contributed by atoms with E-state index in [0.717, 1.165) is 49.2 Å². The Balaban J connectivity index is 1.41. The van der Waals surface area contributed by atoms with E-state index in [9.17, 15) is 9.59 Å². The smallest absolute Gasteiger partial charge is 0.315 e. The van der Waals surface area contributed by atoms with E-state index >= 15 is 0 Å². The van der Waals surface area contributed by atoms with Crippen molar-refractivity contribution in [1.29, 1.82) is 0 Å². The van der Waals surface area contributed by atoms with Crippen LogP contribution in [-0.4, -0.2) is 61.0 Å². The van der Waals surface area contributed by atoms with Gasteiger partial charge in [0.2, 0.25) is 0 Å². The molecule has 0 aromatic heterocycles. The van der Waals surface area contributed by atoms with Gasteiger partial charge in [0.05, 0.1) is 11.1 Å². The van der Waals surface area contributed by atoms with Crippen LogP contribution in [0.5, 0.6) is 0 Å². The molecule has 0 aliphatic carbocycles. The Morgan fingerprint density at radius 3 is 2.00 bits per heavy atom. The van der Waals surface area contributed by atoms with Crippen LogP contribution < -0.4 is 10.6 Å². The van der Waals surface area contributed by atoms with E-state index in [4.69, 9.17) is 0 Å². The minimum Gasteiger partial charge on any atom is -0.345 e. The predicted octanol–water partition coefficient (Wildman–Crippen LogP) is 4.07. The van der Waals surface area contributed by atoms with Crippen molar-refractivity contribution in [2.45, 2.75) is 44.7 Å². The van der Waals surface area contributed by atoms with Crippen LogP contribution in [0.25, 0.3) is 11.1 Å². The zero-order valence-corrected chi connectivity index (χ0v) is 20.4. The summed E-state index contributed by atoms with van der Waals surface area (Å²) in [4.78, 5) is 29.1. The van der Waals surface area contributed by atoms with Gasteiger partial charge in [0, 0.05) is 26.2 Å². The predicted molar refractivity (Wildman–Crippen MR) is 132 cm³/mol. The summed E-state index contributed by atoms with van der Waals surface area (Å²) in [6.45, 7) is 9.47. The van der Waals surface area contributed by atoms with E-state index < -0.39 is 5.54 Å². The first-order valence-corrected chi connectivity index (χ1v) is 11.8. The number of hydrogen-bond acceptors (Lipinski definition) is 3. The molecule has 3 saturated heterocycles. The Bertz CT molecular complexity index is 1010. The Labute approximate surface area is 197 Å². The summed E-state index contributed by atoms with van der Waals surface area (Å²) in [5.74, 6) is 0.546. The number of carbonyl (C=O) groups excluding carboxylic acids is 2. The third kappa shape index (κ3) is 4.91. The fourth-order valence-corrected chi connectivity index (χ4v) is 5.25. The molecule has 3 aliphatic rings. The quantitative estimate of drug-likeness (QED) is 0.725. The van der Waals surface area contributed by atoms with Crippen molar-refractivity contribution in [1.82, 2.24) is 20.4 Å². The monoisotopic (exact) mass is 448 g/mol. The molecule has 6 nitrogen and oxygen atoms in total. The number of carbonyl (C=O) groups is 2. The largest absolute Gasteiger partial charge is 0.345 e. The maximum atomic E-state index is 12.9. The molecular weight excluding hydrogens is 412 g/mol. The third-order valence-corrected chi connectivity index (χ3v) is 7.34.